The van der Waals surface area contributed by atoms with E-state index in [1.807, 2.05) is 42.8 Å². The largest absolute Gasteiger partial charge is 0.467 e. The highest BCUT2D eigenvalue weighted by Gasteiger charge is 2.44. The number of rotatable bonds is 27. The van der Waals surface area contributed by atoms with E-state index in [0.29, 0.717) is 53.8 Å². The van der Waals surface area contributed by atoms with Crippen molar-refractivity contribution in [2.24, 2.45) is 0 Å². The normalized spacial score (nSPS) is 13.2. The van der Waals surface area contributed by atoms with E-state index in [0.717, 1.165) is 49.4 Å². The Labute approximate surface area is 757 Å². The zero-order valence-corrected chi connectivity index (χ0v) is 73.3. The summed E-state index contributed by atoms with van der Waals surface area (Å²) >= 11 is 0. The third-order valence-electron chi connectivity index (χ3n) is 21.3. The van der Waals surface area contributed by atoms with Crippen LogP contribution in [0.4, 0.5) is 109 Å². The molecule has 3 amide bonds. The van der Waals surface area contributed by atoms with Crippen molar-refractivity contribution >= 4 is 69.6 Å². The second-order valence-electron chi connectivity index (χ2n) is 30.5. The van der Waals surface area contributed by atoms with E-state index < -0.39 is 213 Å². The van der Waals surface area contributed by atoms with Crippen LogP contribution in [0.1, 0.15) is 139 Å². The molecule has 47 heteroatoms. The zero-order valence-electron chi connectivity index (χ0n) is 73.3. The minimum absolute atomic E-state index is 0.0120. The molecular weight excluding hydrogens is 1850 g/mol. The van der Waals surface area contributed by atoms with E-state index >= 15 is 0 Å². The number of amides is 3. The predicted molar refractivity (Wildman–Crippen MR) is 447 cm³/mol. The van der Waals surface area contributed by atoms with Crippen LogP contribution in [0.2, 0.25) is 0 Å². The summed E-state index contributed by atoms with van der Waals surface area (Å²) in [6.07, 6.45) is -17.5. The molecule has 9 aromatic heterocycles. The summed E-state index contributed by atoms with van der Waals surface area (Å²) in [5.74, 6) is -15.9. The first-order valence-electron chi connectivity index (χ1n) is 40.6. The summed E-state index contributed by atoms with van der Waals surface area (Å²) in [5, 5.41) is 21.8. The molecule has 0 aliphatic rings. The van der Waals surface area contributed by atoms with Crippen LogP contribution in [0.3, 0.4) is 0 Å². The molecule has 6 N–H and O–H groups in total. The molecule has 136 heavy (non-hydrogen) atoms. The Morgan fingerprint density at radius 3 is 1.01 bits per heavy atom. The number of nitriles is 1. The number of nitrogens with zero attached hydrogens (tertiary/aromatic N) is 11. The van der Waals surface area contributed by atoms with Crippen LogP contribution in [0.15, 0.2) is 122 Å². The molecule has 26 nitrogen and oxygen atoms in total. The van der Waals surface area contributed by atoms with E-state index in [1.54, 1.807) is 35.0 Å². The smallest absolute Gasteiger partial charge is 0.420 e. The molecule has 0 saturated heterocycles. The van der Waals surface area contributed by atoms with Crippen LogP contribution in [-0.2, 0) is 60.2 Å². The maximum absolute atomic E-state index is 14.9. The lowest BCUT2D eigenvalue weighted by molar-refractivity contribution is -0.143. The van der Waals surface area contributed by atoms with Gasteiger partial charge in [0.1, 0.15) is 122 Å². The van der Waals surface area contributed by atoms with Crippen molar-refractivity contribution in [1.82, 2.24) is 64.0 Å². The number of anilines is 3. The minimum Gasteiger partial charge on any atom is -0.467 e. The van der Waals surface area contributed by atoms with Crippen molar-refractivity contribution in [3.8, 4) is 39.8 Å². The van der Waals surface area contributed by atoms with Crippen molar-refractivity contribution in [2.45, 2.75) is 168 Å². The van der Waals surface area contributed by atoms with Crippen molar-refractivity contribution in [2.75, 3.05) is 37.3 Å². The fourth-order valence-corrected chi connectivity index (χ4v) is 14.6. The van der Waals surface area contributed by atoms with Gasteiger partial charge in [0.05, 0.1) is 60.9 Å². The molecule has 0 bridgehead atoms. The number of carbonyl (C=O) groups is 6. The van der Waals surface area contributed by atoms with Gasteiger partial charge in [0.15, 0.2) is 0 Å². The zero-order chi connectivity index (χ0) is 101. The van der Waals surface area contributed by atoms with E-state index in [9.17, 15) is 126 Å². The molecule has 0 saturated carbocycles. The Morgan fingerprint density at radius 1 is 0.397 bits per heavy atom. The number of hydrogen-bond donors (Lipinski definition) is 6. The van der Waals surface area contributed by atoms with E-state index in [2.05, 4.69) is 45.9 Å². The van der Waals surface area contributed by atoms with Gasteiger partial charge in [0.25, 0.3) is 17.7 Å². The highest BCUT2D eigenvalue weighted by Crippen LogP contribution is 2.42. The van der Waals surface area contributed by atoms with Crippen molar-refractivity contribution < 1.29 is 135 Å². The first-order chi connectivity index (χ1) is 63.7. The van der Waals surface area contributed by atoms with Crippen LogP contribution in [0, 0.1) is 87.8 Å². The molecule has 9 heterocycles. The third-order valence-corrected chi connectivity index (χ3v) is 21.3. The second kappa shape index (κ2) is 41.9. The third kappa shape index (κ3) is 23.6. The number of fused-ring (bicyclic) bond motifs is 3. The SMILES string of the molecule is CC[C@@H](Nc1cc(F)c(C(=O)N[C@@H](Cc2ccc(-c3nc(C)c(C#N)cc3C(F)(F)F)c3nccn23)C(=O)OC)c(F)c1)C(F)(F)F.CC[C@@H](Nc1cc(F)c(C(=O)N[C@@H](Cc2ccc(-c3nc(C)c(C)cc3C)c3nccn23)C(=O)OC)c(F)c1)C(F)(F)F.CC[C@@H](Nc1cc(F)c(C(=O)N[C@@H](Cc2ccc(-c3nc(C)nc(C)c3C(F)(F)F)c3nccn23)C(=O)OC)c(F)c1)C(F)(F)F. The summed E-state index contributed by atoms with van der Waals surface area (Å²) < 4.78 is 310. The summed E-state index contributed by atoms with van der Waals surface area (Å²) in [6.45, 7) is 13.5. The molecule has 722 valence electrons. The van der Waals surface area contributed by atoms with Crippen LogP contribution < -0.4 is 31.9 Å². The molecule has 12 rings (SSSR count). The number of methoxy groups -OCH3 is 3. The van der Waals surface area contributed by atoms with Gasteiger partial charge < -0.3 is 59.3 Å². The van der Waals surface area contributed by atoms with Gasteiger partial charge in [0, 0.05) is 113 Å². The number of alkyl halides is 15. The van der Waals surface area contributed by atoms with Gasteiger partial charge in [-0.25, -0.2) is 65.6 Å². The number of carbonyl (C=O) groups excluding carboxylic acids is 6. The number of esters is 3. The lowest BCUT2D eigenvalue weighted by Crippen LogP contribution is -2.44. The van der Waals surface area contributed by atoms with Crippen molar-refractivity contribution in [1.29, 1.82) is 5.26 Å². The Balaban J connectivity index is 0.000000211. The molecular formula is C89H80F21N17O9. The number of halogens is 21. The lowest BCUT2D eigenvalue weighted by atomic mass is 10.0. The second-order valence-corrected chi connectivity index (χ2v) is 30.5. The Morgan fingerprint density at radius 2 is 0.713 bits per heavy atom. The number of nitrogens with one attached hydrogen (secondary N) is 6. The van der Waals surface area contributed by atoms with Crippen LogP contribution >= 0.6 is 0 Å². The number of aryl methyl sites for hydroxylation is 6. The topological polar surface area (TPSA) is 330 Å². The quantitative estimate of drug-likeness (QED) is 0.0158. The molecule has 0 aliphatic carbocycles. The lowest BCUT2D eigenvalue weighted by Gasteiger charge is -2.22. The van der Waals surface area contributed by atoms with Gasteiger partial charge in [-0.15, -0.1) is 0 Å². The maximum Gasteiger partial charge on any atom is 0.420 e. The Kier molecular flexibility index (Phi) is 31.8. The maximum atomic E-state index is 14.9. The molecule has 6 atom stereocenters. The van der Waals surface area contributed by atoms with Gasteiger partial charge in [-0.05, 0) is 151 Å². The number of pyridine rings is 5. The number of aromatic nitrogens is 10. The average molecular weight is 1930 g/mol. The first-order valence-corrected chi connectivity index (χ1v) is 40.6. The fourth-order valence-electron chi connectivity index (χ4n) is 14.6. The van der Waals surface area contributed by atoms with Gasteiger partial charge >= 0.3 is 48.8 Å². The highest BCUT2D eigenvalue weighted by molar-refractivity contribution is 6.00. The van der Waals surface area contributed by atoms with Gasteiger partial charge in [-0.1, -0.05) is 26.8 Å². The molecule has 3 aromatic carbocycles. The standard InChI is InChI=1S/C30H24F8N6O3.C30H30F5N5O3.C29H26F8N6O3/c1-4-23(30(36,37)38)42-16-10-20(31)24(21(32)11-16)27(45)43-22(28(46)47-3)12-17-5-6-18(26-40-7-8-44(17)26)25-19(29(33,34)35)9-15(13-39)14(2)41-25;1-6-24(30(33,34)35)38-18-12-21(31)25(22(32)13-18)28(41)39-23(29(42)43-5)14-19-7-8-20(27-36-9-10-40(19)27)26-16(3)11-15(2)17(4)37-26;1-5-21(28(32,33)34)41-15-10-18(30)22(19(31)11-15)26(44)42-20(27(45)46-4)12-16-6-7-17(25-38-8-9-43(16)25)24-23(29(35,36)37)13(2)39-14(3)40-24/h5-11,22-23,42H,4,12H2,1-3H3,(H,43,45);7-13,23-24,38H,6,14H2,1-5H3,(H,39,41);6-11,20-21,41H,5,12H2,1-4H3,(H,42,44)/t22-,23+;23-,24+;20-,21+/m000/s1. The minimum atomic E-state index is -4.89. The van der Waals surface area contributed by atoms with E-state index in [-0.39, 0.29) is 75.8 Å². The fraction of sp³-hybridized carbons (Fsp3) is 0.326. The van der Waals surface area contributed by atoms with E-state index in [4.69, 9.17) is 19.2 Å². The molecule has 0 radical (unpaired) electrons. The van der Waals surface area contributed by atoms with Crippen LogP contribution in [-0.4, -0.2) is 160 Å². The Bertz CT molecular complexity index is 6520. The number of benzene rings is 3. The summed E-state index contributed by atoms with van der Waals surface area (Å²) in [6, 6.07) is 5.46. The predicted octanol–water partition coefficient (Wildman–Crippen LogP) is 18.0. The molecule has 0 aliphatic heterocycles. The summed E-state index contributed by atoms with van der Waals surface area (Å²) in [4.78, 5) is 106. The number of ether oxygens (including phenoxy) is 3. The van der Waals surface area contributed by atoms with Crippen LogP contribution in [0.5, 0.6) is 0 Å². The van der Waals surface area contributed by atoms with Gasteiger partial charge in [0.2, 0.25) is 0 Å². The van der Waals surface area contributed by atoms with Crippen molar-refractivity contribution in [3.05, 3.63) is 242 Å². The first kappa shape index (κ1) is 103. The van der Waals surface area contributed by atoms with Gasteiger partial charge in [-0.2, -0.15) is 71.1 Å². The highest BCUT2D eigenvalue weighted by atomic mass is 19.4. The Hall–Kier alpha value is -14.7. The monoisotopic (exact) mass is 1930 g/mol. The summed E-state index contributed by atoms with van der Waals surface area (Å²) in [7, 11) is 3.06. The van der Waals surface area contributed by atoms with Gasteiger partial charge in [-0.3, -0.25) is 24.4 Å². The molecule has 12 aromatic rings. The molecule has 0 fully saturated rings. The molecule has 0 spiro atoms. The van der Waals surface area contributed by atoms with Crippen molar-refractivity contribution in [3.63, 3.8) is 0 Å². The average Bonchev–Trinajstić information content (AvgIpc) is 1.39. The molecule has 0 unspecified atom stereocenters. The summed E-state index contributed by atoms with van der Waals surface area (Å²) in [5.41, 5.74) is -3.12. The number of hydrogen-bond acceptors (Lipinski definition) is 20. The van der Waals surface area contributed by atoms with Crippen LogP contribution in [0.25, 0.3) is 50.7 Å². The number of imidazole rings is 3. The van der Waals surface area contributed by atoms with E-state index in [1.165, 1.54) is 99.4 Å².